The molecule has 0 aromatic heterocycles. The normalized spacial score (nSPS) is 14.8. The second-order valence-electron chi connectivity index (χ2n) is 6.31. The molecule has 0 saturated carbocycles. The first-order valence-corrected chi connectivity index (χ1v) is 14.9. The van der Waals surface area contributed by atoms with Gasteiger partial charge in [-0.15, -0.1) is 11.8 Å². The van der Waals surface area contributed by atoms with E-state index in [-0.39, 0.29) is 23.9 Å². The van der Waals surface area contributed by atoms with Crippen molar-refractivity contribution >= 4 is 75.8 Å². The standard InChI is InChI=1S/C19H22Cl4NO5PS2/c1-3-28-30(25,29-4-2)19(18(21,22)23,31-14-15-8-6-5-7-9-15)24-32(26,27)17-12-10-16(20)11-13-17/h5-13,24H,3-4,14H2,1-2H3. The lowest BCUT2D eigenvalue weighted by Crippen LogP contribution is -2.55. The molecule has 32 heavy (non-hydrogen) atoms. The van der Waals surface area contributed by atoms with Crippen LogP contribution in [0.15, 0.2) is 59.5 Å². The van der Waals surface area contributed by atoms with Gasteiger partial charge in [0.15, 0.2) is 0 Å². The molecule has 0 aliphatic carbocycles. The average Bonchev–Trinajstić information content (AvgIpc) is 2.71. The maximum atomic E-state index is 14.0. The minimum Gasteiger partial charge on any atom is -0.307 e. The second-order valence-corrected chi connectivity index (χ2v) is 14.4. The molecule has 0 aliphatic heterocycles. The number of hydrogen-bond donors (Lipinski definition) is 1. The van der Waals surface area contributed by atoms with Crippen LogP contribution in [0.25, 0.3) is 0 Å². The monoisotopic (exact) mass is 579 g/mol. The number of hydrogen-bond acceptors (Lipinski definition) is 6. The molecule has 0 fully saturated rings. The number of benzene rings is 2. The smallest absolute Gasteiger partial charge is 0.307 e. The lowest BCUT2D eigenvalue weighted by Gasteiger charge is -2.42. The van der Waals surface area contributed by atoms with Crippen LogP contribution in [0.2, 0.25) is 5.02 Å². The highest BCUT2D eigenvalue weighted by molar-refractivity contribution is 8.07. The third-order valence-corrected chi connectivity index (χ3v) is 12.4. The Bertz CT molecular complexity index is 1030. The Hall–Kier alpha value is 0.01000. The molecule has 0 radical (unpaired) electrons. The van der Waals surface area contributed by atoms with Crippen molar-refractivity contribution in [3.63, 3.8) is 0 Å². The van der Waals surface area contributed by atoms with Crippen molar-refractivity contribution in [1.82, 2.24) is 4.72 Å². The van der Waals surface area contributed by atoms with Gasteiger partial charge in [0, 0.05) is 10.8 Å². The summed E-state index contributed by atoms with van der Waals surface area (Å²) in [6.45, 7) is 3.00. The fourth-order valence-electron chi connectivity index (χ4n) is 2.64. The molecule has 0 aliphatic rings. The molecule has 1 unspecified atom stereocenters. The molecule has 2 aromatic rings. The van der Waals surface area contributed by atoms with E-state index in [0.29, 0.717) is 5.02 Å². The lowest BCUT2D eigenvalue weighted by atomic mass is 10.2. The molecule has 0 saturated heterocycles. The van der Waals surface area contributed by atoms with Crippen LogP contribution >= 0.6 is 65.8 Å². The van der Waals surface area contributed by atoms with Crippen LogP contribution in [0.3, 0.4) is 0 Å². The summed E-state index contributed by atoms with van der Waals surface area (Å²) in [7, 11) is -8.75. The van der Waals surface area contributed by atoms with E-state index in [4.69, 9.17) is 55.5 Å². The van der Waals surface area contributed by atoms with E-state index in [9.17, 15) is 13.0 Å². The van der Waals surface area contributed by atoms with Gasteiger partial charge in [-0.3, -0.25) is 4.57 Å². The summed E-state index contributed by atoms with van der Waals surface area (Å²) in [6.07, 6.45) is 0. The van der Waals surface area contributed by atoms with Gasteiger partial charge in [-0.05, 0) is 43.7 Å². The molecule has 0 heterocycles. The molecule has 6 nitrogen and oxygen atoms in total. The van der Waals surface area contributed by atoms with Gasteiger partial charge in [0.25, 0.3) is 0 Å². The molecule has 178 valence electrons. The fraction of sp³-hybridized carbons (Fsp3) is 0.368. The Morgan fingerprint density at radius 3 is 1.97 bits per heavy atom. The van der Waals surface area contributed by atoms with Gasteiger partial charge in [0.05, 0.1) is 18.1 Å². The summed E-state index contributed by atoms with van der Waals surface area (Å²) >= 11 is 25.7. The number of nitrogens with one attached hydrogen (secondary N) is 1. The largest absolute Gasteiger partial charge is 0.366 e. The van der Waals surface area contributed by atoms with E-state index in [1.54, 1.807) is 38.1 Å². The first kappa shape index (κ1) is 28.2. The number of thioether (sulfide) groups is 1. The second kappa shape index (κ2) is 11.6. The van der Waals surface area contributed by atoms with Crippen LogP contribution < -0.4 is 4.72 Å². The maximum absolute atomic E-state index is 14.0. The van der Waals surface area contributed by atoms with E-state index >= 15 is 0 Å². The Kier molecular flexibility index (Phi) is 10.3. The third kappa shape index (κ3) is 6.57. The highest BCUT2D eigenvalue weighted by atomic mass is 35.6. The van der Waals surface area contributed by atoms with Gasteiger partial charge in [-0.1, -0.05) is 76.7 Å². The van der Waals surface area contributed by atoms with Crippen molar-refractivity contribution in [2.24, 2.45) is 0 Å². The fourth-order valence-corrected chi connectivity index (χ4v) is 10.3. The molecule has 13 heteroatoms. The van der Waals surface area contributed by atoms with Gasteiger partial charge >= 0.3 is 7.60 Å². The Labute approximate surface area is 212 Å². The van der Waals surface area contributed by atoms with Crippen LogP contribution in [0.4, 0.5) is 0 Å². The molecule has 0 bridgehead atoms. The molecule has 1 N–H and O–H groups in total. The zero-order valence-electron chi connectivity index (χ0n) is 17.1. The van der Waals surface area contributed by atoms with E-state index in [1.165, 1.54) is 24.3 Å². The Morgan fingerprint density at radius 1 is 0.969 bits per heavy atom. The van der Waals surface area contributed by atoms with Gasteiger partial charge in [0.1, 0.15) is 0 Å². The molecule has 0 amide bonds. The van der Waals surface area contributed by atoms with Crippen LogP contribution in [0.1, 0.15) is 19.4 Å². The summed E-state index contributed by atoms with van der Waals surface area (Å²) in [6, 6.07) is 14.4. The predicted molar refractivity (Wildman–Crippen MR) is 133 cm³/mol. The predicted octanol–water partition coefficient (Wildman–Crippen LogP) is 6.84. The third-order valence-electron chi connectivity index (χ3n) is 4.06. The Balaban J connectivity index is 2.66. The summed E-state index contributed by atoms with van der Waals surface area (Å²) in [5.74, 6) is 0.141. The van der Waals surface area contributed by atoms with Gasteiger partial charge in [-0.25, -0.2) is 8.42 Å². The Morgan fingerprint density at radius 2 is 1.50 bits per heavy atom. The van der Waals surface area contributed by atoms with Crippen molar-refractivity contribution < 1.29 is 22.0 Å². The molecular weight excluding hydrogens is 559 g/mol. The van der Waals surface area contributed by atoms with E-state index in [0.717, 1.165) is 17.3 Å². The minimum absolute atomic E-state index is 0.0751. The van der Waals surface area contributed by atoms with Crippen LogP contribution in [-0.2, 0) is 29.4 Å². The maximum Gasteiger partial charge on any atom is 0.366 e. The molecule has 2 aromatic carbocycles. The number of rotatable bonds is 11. The average molecular weight is 581 g/mol. The molecule has 0 spiro atoms. The van der Waals surface area contributed by atoms with E-state index in [2.05, 4.69) is 4.72 Å². The van der Waals surface area contributed by atoms with Crippen molar-refractivity contribution in [3.05, 3.63) is 65.2 Å². The van der Waals surface area contributed by atoms with Crippen LogP contribution in [0, 0.1) is 0 Å². The topological polar surface area (TPSA) is 81.7 Å². The van der Waals surface area contributed by atoms with Crippen LogP contribution in [0.5, 0.6) is 0 Å². The molecular formula is C19H22Cl4NO5PS2. The number of alkyl halides is 3. The summed E-state index contributed by atoms with van der Waals surface area (Å²) < 4.78 is 49.1. The first-order valence-electron chi connectivity index (χ1n) is 9.34. The zero-order valence-corrected chi connectivity index (χ0v) is 22.7. The van der Waals surface area contributed by atoms with E-state index < -0.39 is 26.0 Å². The number of sulfonamides is 1. The van der Waals surface area contributed by atoms with Gasteiger partial charge < -0.3 is 9.05 Å². The molecule has 2 rings (SSSR count). The lowest BCUT2D eigenvalue weighted by molar-refractivity contribution is 0.206. The minimum atomic E-state index is -4.39. The van der Waals surface area contributed by atoms with Crippen molar-refractivity contribution in [2.45, 2.75) is 32.9 Å². The first-order chi connectivity index (χ1) is 14.9. The highest BCUT2D eigenvalue weighted by Gasteiger charge is 2.66. The van der Waals surface area contributed by atoms with Crippen LogP contribution in [-0.4, -0.2) is 30.0 Å². The van der Waals surface area contributed by atoms with Gasteiger partial charge in [0.2, 0.25) is 18.4 Å². The molecule has 1 atom stereocenters. The van der Waals surface area contributed by atoms with E-state index in [1.807, 2.05) is 6.07 Å². The zero-order chi connectivity index (χ0) is 24.0. The van der Waals surface area contributed by atoms with Crippen molar-refractivity contribution in [3.8, 4) is 0 Å². The van der Waals surface area contributed by atoms with Crippen molar-refractivity contribution in [2.75, 3.05) is 13.2 Å². The number of halogens is 4. The summed E-state index contributed by atoms with van der Waals surface area (Å²) in [4.78, 5) is -0.166. The summed E-state index contributed by atoms with van der Waals surface area (Å²) in [5, 5.41) is 0.337. The SMILES string of the molecule is CCOP(=O)(OCC)C(NS(=O)(=O)c1ccc(Cl)cc1)(SCc1ccccc1)C(Cl)(Cl)Cl. The van der Waals surface area contributed by atoms with Gasteiger partial charge in [-0.2, -0.15) is 4.72 Å². The summed E-state index contributed by atoms with van der Waals surface area (Å²) in [5.41, 5.74) is 0.779. The quantitative estimate of drug-likeness (QED) is 0.178. The highest BCUT2D eigenvalue weighted by Crippen LogP contribution is 2.71. The van der Waals surface area contributed by atoms with Crippen molar-refractivity contribution in [1.29, 1.82) is 0 Å².